The fourth-order valence-corrected chi connectivity index (χ4v) is 2.99. The predicted octanol–water partition coefficient (Wildman–Crippen LogP) is 3.43. The summed E-state index contributed by atoms with van der Waals surface area (Å²) in [5.74, 6) is 0. The van der Waals surface area contributed by atoms with E-state index in [2.05, 4.69) is 24.6 Å². The van der Waals surface area contributed by atoms with Gasteiger partial charge in [0.15, 0.2) is 0 Å². The van der Waals surface area contributed by atoms with Crippen LogP contribution in [0.3, 0.4) is 0 Å². The van der Waals surface area contributed by atoms with Gasteiger partial charge in [0.2, 0.25) is 0 Å². The Morgan fingerprint density at radius 3 is 2.78 bits per heavy atom. The molecule has 0 aliphatic rings. The third kappa shape index (κ3) is 2.24. The zero-order chi connectivity index (χ0) is 6.69. The molecule has 0 N–H and O–H groups in total. The summed E-state index contributed by atoms with van der Waals surface area (Å²) in [6.45, 7) is 2.13. The lowest BCUT2D eigenvalue weighted by molar-refractivity contribution is 1.53. The Kier molecular flexibility index (Phi) is 2.95. The van der Waals surface area contributed by atoms with E-state index in [1.54, 1.807) is 10.8 Å². The predicted molar refractivity (Wildman–Crippen MR) is 48.4 cm³/mol. The topological polar surface area (TPSA) is 0 Å². The third-order valence-corrected chi connectivity index (χ3v) is 3.57. The van der Waals surface area contributed by atoms with Crippen LogP contribution in [-0.2, 0) is 0 Å². The highest BCUT2D eigenvalue weighted by atomic mass is 33.1. The molecule has 0 saturated heterocycles. The standard InChI is InChI=1S/C6H8S3/c1-5-3-6(4-8-5)9-7-2/h3-4H,1-2H3. The van der Waals surface area contributed by atoms with Crippen LogP contribution in [0.2, 0.25) is 0 Å². The average molecular weight is 176 g/mol. The first-order valence-corrected chi connectivity index (χ1v) is 6.02. The van der Waals surface area contributed by atoms with Gasteiger partial charge in [0.25, 0.3) is 0 Å². The lowest BCUT2D eigenvalue weighted by Crippen LogP contribution is -1.53. The van der Waals surface area contributed by atoms with Crippen molar-refractivity contribution >= 4 is 32.9 Å². The molecule has 0 fully saturated rings. The molecular formula is C6H8S3. The Morgan fingerprint density at radius 2 is 2.33 bits per heavy atom. The van der Waals surface area contributed by atoms with Crippen molar-refractivity contribution in [2.45, 2.75) is 11.8 Å². The quantitative estimate of drug-likeness (QED) is 0.633. The van der Waals surface area contributed by atoms with Crippen LogP contribution < -0.4 is 0 Å². The summed E-state index contributed by atoms with van der Waals surface area (Å²) in [6.07, 6.45) is 2.09. The summed E-state index contributed by atoms with van der Waals surface area (Å²) < 4.78 is 0. The SMILES string of the molecule is CSSc1csc(C)c1. The molecule has 0 atom stereocenters. The Labute approximate surface area is 67.4 Å². The molecule has 1 aromatic rings. The van der Waals surface area contributed by atoms with Crippen LogP contribution >= 0.6 is 32.9 Å². The molecule has 0 aliphatic heterocycles. The Bertz CT molecular complexity index is 180. The van der Waals surface area contributed by atoms with E-state index in [9.17, 15) is 0 Å². The maximum Gasteiger partial charge on any atom is 0.0292 e. The molecule has 1 rings (SSSR count). The molecule has 3 heteroatoms. The van der Waals surface area contributed by atoms with Gasteiger partial charge in [0.05, 0.1) is 0 Å². The van der Waals surface area contributed by atoms with Crippen molar-refractivity contribution in [2.75, 3.05) is 6.26 Å². The van der Waals surface area contributed by atoms with Crippen molar-refractivity contribution in [3.63, 3.8) is 0 Å². The number of rotatable bonds is 2. The van der Waals surface area contributed by atoms with Gasteiger partial charge >= 0.3 is 0 Å². The average Bonchev–Trinajstić information content (AvgIpc) is 2.17. The molecule has 1 heterocycles. The van der Waals surface area contributed by atoms with E-state index < -0.39 is 0 Å². The molecule has 9 heavy (non-hydrogen) atoms. The molecule has 50 valence electrons. The molecule has 0 radical (unpaired) electrons. The van der Waals surface area contributed by atoms with Gasteiger partial charge in [-0.3, -0.25) is 0 Å². The number of aryl methyl sites for hydroxylation is 1. The van der Waals surface area contributed by atoms with Crippen molar-refractivity contribution in [1.29, 1.82) is 0 Å². The van der Waals surface area contributed by atoms with Crippen LogP contribution in [0.1, 0.15) is 4.88 Å². The lowest BCUT2D eigenvalue weighted by Gasteiger charge is -1.86. The number of hydrogen-bond acceptors (Lipinski definition) is 3. The summed E-state index contributed by atoms with van der Waals surface area (Å²) in [4.78, 5) is 2.77. The van der Waals surface area contributed by atoms with Crippen molar-refractivity contribution in [3.8, 4) is 0 Å². The largest absolute Gasteiger partial charge is 0.148 e. The molecule has 0 spiro atoms. The Hall–Kier alpha value is 0.400. The summed E-state index contributed by atoms with van der Waals surface area (Å²) in [6, 6.07) is 2.21. The first-order chi connectivity index (χ1) is 4.33. The van der Waals surface area contributed by atoms with Gasteiger partial charge in [0.1, 0.15) is 0 Å². The fourth-order valence-electron chi connectivity index (χ4n) is 0.559. The summed E-state index contributed by atoms with van der Waals surface area (Å²) in [5, 5.41) is 2.19. The van der Waals surface area contributed by atoms with Crippen LogP contribution in [0.15, 0.2) is 16.3 Å². The van der Waals surface area contributed by atoms with E-state index in [-0.39, 0.29) is 0 Å². The molecule has 0 aromatic carbocycles. The second kappa shape index (κ2) is 3.54. The smallest absolute Gasteiger partial charge is 0.0292 e. The van der Waals surface area contributed by atoms with E-state index >= 15 is 0 Å². The van der Waals surface area contributed by atoms with Gasteiger partial charge in [-0.25, -0.2) is 0 Å². The van der Waals surface area contributed by atoms with Gasteiger partial charge in [-0.2, -0.15) is 0 Å². The Morgan fingerprint density at radius 1 is 1.56 bits per heavy atom. The highest BCUT2D eigenvalue weighted by Gasteiger charge is 1.93. The van der Waals surface area contributed by atoms with Crippen LogP contribution in [-0.4, -0.2) is 6.26 Å². The van der Waals surface area contributed by atoms with E-state index in [0.29, 0.717) is 0 Å². The second-order valence-corrected chi connectivity index (χ2v) is 5.23. The second-order valence-electron chi connectivity index (χ2n) is 1.64. The summed E-state index contributed by atoms with van der Waals surface area (Å²) >= 11 is 1.81. The monoisotopic (exact) mass is 176 g/mol. The van der Waals surface area contributed by atoms with Gasteiger partial charge < -0.3 is 0 Å². The van der Waals surface area contributed by atoms with Crippen LogP contribution in [0.5, 0.6) is 0 Å². The van der Waals surface area contributed by atoms with Crippen LogP contribution in [0.25, 0.3) is 0 Å². The minimum Gasteiger partial charge on any atom is -0.148 e. The number of thiophene rings is 1. The molecule has 0 aliphatic carbocycles. The van der Waals surface area contributed by atoms with Crippen LogP contribution in [0.4, 0.5) is 0 Å². The van der Waals surface area contributed by atoms with Crippen molar-refractivity contribution < 1.29 is 0 Å². The van der Waals surface area contributed by atoms with E-state index in [4.69, 9.17) is 0 Å². The summed E-state index contributed by atoms with van der Waals surface area (Å²) in [5.41, 5.74) is 0. The zero-order valence-corrected chi connectivity index (χ0v) is 7.83. The van der Waals surface area contributed by atoms with Crippen molar-refractivity contribution in [2.24, 2.45) is 0 Å². The summed E-state index contributed by atoms with van der Waals surface area (Å²) in [7, 11) is 3.61. The zero-order valence-electron chi connectivity index (χ0n) is 5.38. The molecular weight excluding hydrogens is 168 g/mol. The van der Waals surface area contributed by atoms with Gasteiger partial charge in [-0.1, -0.05) is 21.6 Å². The van der Waals surface area contributed by atoms with Crippen molar-refractivity contribution in [1.82, 2.24) is 0 Å². The van der Waals surface area contributed by atoms with Gasteiger partial charge in [-0.05, 0) is 19.2 Å². The highest BCUT2D eigenvalue weighted by molar-refractivity contribution is 8.76. The fraction of sp³-hybridized carbons (Fsp3) is 0.333. The number of hydrogen-bond donors (Lipinski definition) is 0. The van der Waals surface area contributed by atoms with Crippen LogP contribution in [0, 0.1) is 6.92 Å². The highest BCUT2D eigenvalue weighted by Crippen LogP contribution is 2.31. The third-order valence-electron chi connectivity index (χ3n) is 0.886. The van der Waals surface area contributed by atoms with E-state index in [0.717, 1.165) is 0 Å². The van der Waals surface area contributed by atoms with E-state index in [1.807, 2.05) is 22.1 Å². The molecule has 1 aromatic heterocycles. The van der Waals surface area contributed by atoms with Crippen molar-refractivity contribution in [3.05, 3.63) is 16.3 Å². The van der Waals surface area contributed by atoms with E-state index in [1.165, 1.54) is 9.77 Å². The maximum absolute atomic E-state index is 2.21. The van der Waals surface area contributed by atoms with Gasteiger partial charge in [0, 0.05) is 15.2 Å². The first kappa shape index (κ1) is 7.51. The lowest BCUT2D eigenvalue weighted by atomic mass is 10.5. The molecule has 0 amide bonds. The first-order valence-electron chi connectivity index (χ1n) is 2.58. The maximum atomic E-state index is 2.21. The molecule has 0 nitrogen and oxygen atoms in total. The minimum atomic E-state index is 1.38. The molecule has 0 bridgehead atoms. The normalized spacial score (nSPS) is 10.0. The molecule has 0 saturated carbocycles. The van der Waals surface area contributed by atoms with Gasteiger partial charge in [-0.15, -0.1) is 11.3 Å². The minimum absolute atomic E-state index is 1.38. The Balaban J connectivity index is 2.61. The molecule has 0 unspecified atom stereocenters.